The van der Waals surface area contributed by atoms with Gasteiger partial charge in [0.2, 0.25) is 0 Å². The van der Waals surface area contributed by atoms with Crippen LogP contribution in [0.3, 0.4) is 0 Å². The molecule has 0 spiro atoms. The van der Waals surface area contributed by atoms with Gasteiger partial charge in [-0.05, 0) is 73.0 Å². The van der Waals surface area contributed by atoms with Crippen molar-refractivity contribution in [2.24, 2.45) is 26.4 Å². The van der Waals surface area contributed by atoms with Crippen LogP contribution in [0.5, 0.6) is 0 Å². The molecule has 1 atom stereocenters. The molecule has 4 aromatic carbocycles. The fraction of sp³-hybridized carbons (Fsp3) is 0.312. The van der Waals surface area contributed by atoms with Crippen LogP contribution in [0.25, 0.3) is 10.8 Å². The first-order valence-corrected chi connectivity index (χ1v) is 13.3. The number of nitrogens with one attached hydrogen (secondary N) is 1. The Hall–Kier alpha value is -3.86. The summed E-state index contributed by atoms with van der Waals surface area (Å²) in [5.41, 5.74) is 6.51. The molecule has 4 aromatic rings. The lowest BCUT2D eigenvalue weighted by Gasteiger charge is -2.18. The van der Waals surface area contributed by atoms with Crippen molar-refractivity contribution in [3.8, 4) is 0 Å². The Morgan fingerprint density at radius 3 is 2.27 bits per heavy atom. The number of azo groups is 2. The fourth-order valence-electron chi connectivity index (χ4n) is 4.41. The summed E-state index contributed by atoms with van der Waals surface area (Å²) in [6.07, 6.45) is 4.92. The van der Waals surface area contributed by atoms with Crippen LogP contribution in [-0.4, -0.2) is 6.54 Å². The molecule has 0 amide bonds. The van der Waals surface area contributed by atoms with Gasteiger partial charge < -0.3 is 5.32 Å². The second-order valence-corrected chi connectivity index (χ2v) is 9.64. The highest BCUT2D eigenvalue weighted by molar-refractivity contribution is 5.98. The summed E-state index contributed by atoms with van der Waals surface area (Å²) in [6.45, 7) is 9.53. The van der Waals surface area contributed by atoms with Crippen molar-refractivity contribution in [3.05, 3.63) is 90.0 Å². The van der Waals surface area contributed by atoms with E-state index in [0.29, 0.717) is 5.92 Å². The number of hydrogen-bond donors (Lipinski definition) is 1. The first-order valence-electron chi connectivity index (χ1n) is 13.3. The lowest BCUT2D eigenvalue weighted by atomic mass is 9.99. The van der Waals surface area contributed by atoms with Gasteiger partial charge in [-0.3, -0.25) is 0 Å². The van der Waals surface area contributed by atoms with Gasteiger partial charge in [-0.1, -0.05) is 81.6 Å². The number of aryl methyl sites for hydroxylation is 2. The first kappa shape index (κ1) is 26.2. The van der Waals surface area contributed by atoms with Crippen molar-refractivity contribution in [1.82, 2.24) is 0 Å². The number of anilines is 1. The van der Waals surface area contributed by atoms with Crippen LogP contribution in [0.2, 0.25) is 0 Å². The molecule has 0 heterocycles. The second kappa shape index (κ2) is 12.9. The molecule has 5 heteroatoms. The van der Waals surface area contributed by atoms with Crippen LogP contribution in [-0.2, 0) is 0 Å². The molecule has 0 aliphatic rings. The summed E-state index contributed by atoms with van der Waals surface area (Å²) in [7, 11) is 0. The maximum Gasteiger partial charge on any atom is 0.117 e. The fourth-order valence-corrected chi connectivity index (χ4v) is 4.41. The minimum absolute atomic E-state index is 0.653. The van der Waals surface area contributed by atoms with Crippen LogP contribution >= 0.6 is 0 Å². The van der Waals surface area contributed by atoms with E-state index in [4.69, 9.17) is 5.11 Å². The number of hydrogen-bond acceptors (Lipinski definition) is 5. The third-order valence-corrected chi connectivity index (χ3v) is 6.85. The van der Waals surface area contributed by atoms with Crippen LogP contribution in [0.1, 0.15) is 50.7 Å². The molecule has 0 saturated carbocycles. The monoisotopic (exact) mass is 491 g/mol. The molecule has 5 nitrogen and oxygen atoms in total. The van der Waals surface area contributed by atoms with Gasteiger partial charge in [-0.2, -0.15) is 15.3 Å². The maximum absolute atomic E-state index is 4.77. The van der Waals surface area contributed by atoms with Crippen molar-refractivity contribution in [3.63, 3.8) is 0 Å². The Morgan fingerprint density at radius 1 is 0.730 bits per heavy atom. The van der Waals surface area contributed by atoms with Gasteiger partial charge in [0.15, 0.2) is 0 Å². The van der Waals surface area contributed by atoms with Crippen molar-refractivity contribution in [2.45, 2.75) is 53.4 Å². The Morgan fingerprint density at radius 2 is 1.49 bits per heavy atom. The first-order chi connectivity index (χ1) is 18.1. The number of fused-ring (bicyclic) bond motifs is 1. The summed E-state index contributed by atoms with van der Waals surface area (Å²) in [4.78, 5) is 0. The highest BCUT2D eigenvalue weighted by atomic mass is 15.1. The predicted octanol–water partition coefficient (Wildman–Crippen LogP) is 10.9. The van der Waals surface area contributed by atoms with Crippen molar-refractivity contribution in [1.29, 1.82) is 0 Å². The van der Waals surface area contributed by atoms with Crippen molar-refractivity contribution >= 4 is 39.2 Å². The Balaban J connectivity index is 1.58. The number of benzene rings is 4. The smallest absolute Gasteiger partial charge is 0.117 e. The van der Waals surface area contributed by atoms with Gasteiger partial charge in [0.25, 0.3) is 0 Å². The van der Waals surface area contributed by atoms with Gasteiger partial charge in [0.05, 0.1) is 22.7 Å². The lowest BCUT2D eigenvalue weighted by Crippen LogP contribution is -2.13. The quantitative estimate of drug-likeness (QED) is 0.208. The van der Waals surface area contributed by atoms with E-state index in [1.807, 2.05) is 56.3 Å². The molecule has 0 aliphatic carbocycles. The van der Waals surface area contributed by atoms with Crippen LogP contribution in [0.4, 0.5) is 28.4 Å². The van der Waals surface area contributed by atoms with E-state index in [-0.39, 0.29) is 0 Å². The minimum atomic E-state index is 0.653. The predicted molar refractivity (Wildman–Crippen MR) is 156 cm³/mol. The van der Waals surface area contributed by atoms with Crippen LogP contribution in [0.15, 0.2) is 99.3 Å². The largest absolute Gasteiger partial charge is 0.383 e. The number of rotatable bonds is 11. The van der Waals surface area contributed by atoms with Crippen LogP contribution in [0, 0.1) is 19.8 Å². The van der Waals surface area contributed by atoms with Crippen LogP contribution < -0.4 is 5.32 Å². The molecule has 1 unspecified atom stereocenters. The molecule has 37 heavy (non-hydrogen) atoms. The summed E-state index contributed by atoms with van der Waals surface area (Å²) in [5, 5.41) is 24.2. The molecule has 4 rings (SSSR count). The molecule has 0 aliphatic heterocycles. The summed E-state index contributed by atoms with van der Waals surface area (Å²) < 4.78 is 0. The normalized spacial score (nSPS) is 12.5. The molecular formula is C32H37N5. The van der Waals surface area contributed by atoms with Gasteiger partial charge in [0, 0.05) is 11.9 Å². The van der Waals surface area contributed by atoms with E-state index < -0.39 is 0 Å². The van der Waals surface area contributed by atoms with E-state index in [1.165, 1.54) is 25.7 Å². The molecule has 0 aromatic heterocycles. The zero-order valence-corrected chi connectivity index (χ0v) is 22.4. The summed E-state index contributed by atoms with van der Waals surface area (Å²) in [5.74, 6) is 0.653. The topological polar surface area (TPSA) is 61.5 Å². The highest BCUT2D eigenvalue weighted by Gasteiger charge is 2.11. The van der Waals surface area contributed by atoms with E-state index in [0.717, 1.165) is 56.9 Å². The van der Waals surface area contributed by atoms with E-state index >= 15 is 0 Å². The van der Waals surface area contributed by atoms with Crippen molar-refractivity contribution in [2.75, 3.05) is 11.9 Å². The van der Waals surface area contributed by atoms with E-state index in [9.17, 15) is 0 Å². The Labute approximate surface area is 220 Å². The molecule has 0 bridgehead atoms. The standard InChI is InChI=1S/C32H37N5/c1-5-7-13-25(6-2)22-33-31-19-17-26-14-9-10-15-28(26)32(31)37-36-30-20-18-27(21-24(30)4)34-35-29-16-11-8-12-23(29)3/h8-12,14-21,25,33H,5-7,13,22H2,1-4H3/b35-34+,37-36+. The average Bonchev–Trinajstić information content (AvgIpc) is 2.92. The maximum atomic E-state index is 4.77. The SMILES string of the molecule is CCCCC(CC)CNc1ccc2ccccc2c1/N=N/c1ccc(/N=N/c2ccccc2C)cc1C. The Bertz CT molecular complexity index is 1390. The van der Waals surface area contributed by atoms with Gasteiger partial charge in [0.1, 0.15) is 5.69 Å². The Kier molecular flexibility index (Phi) is 9.14. The zero-order chi connectivity index (χ0) is 26.0. The molecule has 190 valence electrons. The number of unbranched alkanes of at least 4 members (excludes halogenated alkanes) is 1. The molecule has 0 saturated heterocycles. The molecular weight excluding hydrogens is 454 g/mol. The highest BCUT2D eigenvalue weighted by Crippen LogP contribution is 2.36. The van der Waals surface area contributed by atoms with Gasteiger partial charge >= 0.3 is 0 Å². The van der Waals surface area contributed by atoms with Gasteiger partial charge in [-0.15, -0.1) is 5.11 Å². The van der Waals surface area contributed by atoms with Gasteiger partial charge in [-0.25, -0.2) is 0 Å². The van der Waals surface area contributed by atoms with E-state index in [1.54, 1.807) is 0 Å². The number of nitrogens with zero attached hydrogens (tertiary/aromatic N) is 4. The third kappa shape index (κ3) is 6.88. The summed E-state index contributed by atoms with van der Waals surface area (Å²) in [6, 6.07) is 26.5. The zero-order valence-electron chi connectivity index (χ0n) is 22.4. The molecule has 0 fully saturated rings. The third-order valence-electron chi connectivity index (χ3n) is 6.85. The summed E-state index contributed by atoms with van der Waals surface area (Å²) >= 11 is 0. The minimum Gasteiger partial charge on any atom is -0.383 e. The van der Waals surface area contributed by atoms with E-state index in [2.05, 4.69) is 70.9 Å². The molecule has 0 radical (unpaired) electrons. The second-order valence-electron chi connectivity index (χ2n) is 9.64. The molecule has 1 N–H and O–H groups in total. The lowest BCUT2D eigenvalue weighted by molar-refractivity contribution is 0.473. The van der Waals surface area contributed by atoms with Crippen molar-refractivity contribution < 1.29 is 0 Å². The average molecular weight is 492 g/mol.